The van der Waals surface area contributed by atoms with Crippen LogP contribution >= 0.6 is 23.8 Å². The molecule has 0 saturated carbocycles. The molecule has 1 aromatic carbocycles. The minimum absolute atomic E-state index is 0.0359. The Bertz CT molecular complexity index is 428. The standard InChI is InChI=1S/C11H17ClN4S/c1-11(2,3)7-4-5-9(8(12)6-7)16(14)10(17)15-13/h4-6H,13-14H2,1-3H3,(H,15,17). The van der Waals surface area contributed by atoms with Gasteiger partial charge in [0, 0.05) is 0 Å². The number of rotatable bonds is 1. The van der Waals surface area contributed by atoms with Gasteiger partial charge in [-0.25, -0.2) is 11.7 Å². The fraction of sp³-hybridized carbons (Fsp3) is 0.364. The van der Waals surface area contributed by atoms with Gasteiger partial charge < -0.3 is 0 Å². The van der Waals surface area contributed by atoms with E-state index in [2.05, 4.69) is 26.2 Å². The quantitative estimate of drug-likeness (QED) is 0.415. The van der Waals surface area contributed by atoms with E-state index < -0.39 is 0 Å². The highest BCUT2D eigenvalue weighted by Gasteiger charge is 2.17. The van der Waals surface area contributed by atoms with Gasteiger partial charge in [-0.15, -0.1) is 0 Å². The van der Waals surface area contributed by atoms with Gasteiger partial charge in [-0.1, -0.05) is 38.4 Å². The molecule has 0 aliphatic carbocycles. The number of benzene rings is 1. The van der Waals surface area contributed by atoms with E-state index in [1.165, 1.54) is 5.01 Å². The summed E-state index contributed by atoms with van der Waals surface area (Å²) in [5.41, 5.74) is 4.09. The zero-order valence-corrected chi connectivity index (χ0v) is 11.7. The summed E-state index contributed by atoms with van der Waals surface area (Å²) in [6, 6.07) is 5.68. The Balaban J connectivity index is 3.10. The van der Waals surface area contributed by atoms with Crippen LogP contribution in [0.1, 0.15) is 26.3 Å². The van der Waals surface area contributed by atoms with Crippen molar-refractivity contribution in [1.82, 2.24) is 5.43 Å². The molecule has 0 fully saturated rings. The molecule has 0 radical (unpaired) electrons. The van der Waals surface area contributed by atoms with Gasteiger partial charge in [-0.2, -0.15) is 0 Å². The van der Waals surface area contributed by atoms with E-state index in [1.807, 2.05) is 18.2 Å². The lowest BCUT2D eigenvalue weighted by molar-refractivity contribution is 0.590. The minimum Gasteiger partial charge on any atom is -0.299 e. The van der Waals surface area contributed by atoms with Crippen LogP contribution in [0.3, 0.4) is 0 Å². The molecule has 0 spiro atoms. The first-order chi connectivity index (χ1) is 7.77. The maximum Gasteiger partial charge on any atom is 0.202 e. The minimum atomic E-state index is 0.0359. The second-order valence-corrected chi connectivity index (χ2v) is 5.53. The van der Waals surface area contributed by atoms with Crippen molar-refractivity contribution in [2.24, 2.45) is 11.7 Å². The summed E-state index contributed by atoms with van der Waals surface area (Å²) in [5.74, 6) is 11.0. The lowest BCUT2D eigenvalue weighted by atomic mass is 9.87. The first-order valence-corrected chi connectivity index (χ1v) is 5.91. The van der Waals surface area contributed by atoms with Gasteiger partial charge in [0.1, 0.15) is 0 Å². The van der Waals surface area contributed by atoms with E-state index in [0.29, 0.717) is 10.7 Å². The third-order valence-electron chi connectivity index (χ3n) is 2.42. The van der Waals surface area contributed by atoms with Crippen LogP contribution in [-0.4, -0.2) is 5.11 Å². The van der Waals surface area contributed by atoms with Crippen LogP contribution in [0.2, 0.25) is 5.02 Å². The van der Waals surface area contributed by atoms with Gasteiger partial charge in [0.2, 0.25) is 5.11 Å². The molecule has 0 bridgehead atoms. The zero-order chi connectivity index (χ0) is 13.2. The molecule has 6 heteroatoms. The van der Waals surface area contributed by atoms with E-state index in [-0.39, 0.29) is 10.5 Å². The highest BCUT2D eigenvalue weighted by molar-refractivity contribution is 7.80. The summed E-state index contributed by atoms with van der Waals surface area (Å²) in [7, 11) is 0. The van der Waals surface area contributed by atoms with Gasteiger partial charge in [-0.05, 0) is 35.3 Å². The predicted molar refractivity (Wildman–Crippen MR) is 76.7 cm³/mol. The Morgan fingerprint density at radius 2 is 2.00 bits per heavy atom. The van der Waals surface area contributed by atoms with Crippen molar-refractivity contribution in [3.63, 3.8) is 0 Å². The van der Waals surface area contributed by atoms with Gasteiger partial charge in [-0.3, -0.25) is 10.4 Å². The second kappa shape index (κ2) is 5.18. The summed E-state index contributed by atoms with van der Waals surface area (Å²) in [6.45, 7) is 6.35. The third kappa shape index (κ3) is 3.29. The number of halogens is 1. The van der Waals surface area contributed by atoms with E-state index in [1.54, 1.807) is 0 Å². The SMILES string of the molecule is CC(C)(C)c1ccc(N(N)C(=S)NN)c(Cl)c1. The highest BCUT2D eigenvalue weighted by Crippen LogP contribution is 2.30. The monoisotopic (exact) mass is 272 g/mol. The van der Waals surface area contributed by atoms with Crippen LogP contribution in [0.25, 0.3) is 0 Å². The number of anilines is 1. The average Bonchev–Trinajstić information content (AvgIpc) is 2.25. The largest absolute Gasteiger partial charge is 0.299 e. The number of nitrogens with two attached hydrogens (primary N) is 2. The molecule has 0 aliphatic heterocycles. The molecule has 0 amide bonds. The normalized spacial score (nSPS) is 11.2. The van der Waals surface area contributed by atoms with Crippen molar-refractivity contribution < 1.29 is 0 Å². The topological polar surface area (TPSA) is 67.3 Å². The van der Waals surface area contributed by atoms with Gasteiger partial charge in [0.05, 0.1) is 10.7 Å². The molecule has 0 aromatic heterocycles. The Morgan fingerprint density at radius 1 is 1.41 bits per heavy atom. The van der Waals surface area contributed by atoms with Crippen LogP contribution < -0.4 is 22.1 Å². The van der Waals surface area contributed by atoms with E-state index >= 15 is 0 Å². The Morgan fingerprint density at radius 3 is 2.41 bits per heavy atom. The number of hydrogen-bond donors (Lipinski definition) is 3. The summed E-state index contributed by atoms with van der Waals surface area (Å²) < 4.78 is 0. The van der Waals surface area contributed by atoms with E-state index in [0.717, 1.165) is 5.56 Å². The Kier molecular flexibility index (Phi) is 4.32. The average molecular weight is 273 g/mol. The number of thiocarbonyl (C=S) groups is 1. The smallest absolute Gasteiger partial charge is 0.202 e. The molecular formula is C11H17ClN4S. The Hall–Kier alpha value is -0.880. The summed E-state index contributed by atoms with van der Waals surface area (Å²) in [6.07, 6.45) is 0. The summed E-state index contributed by atoms with van der Waals surface area (Å²) >= 11 is 11.1. The molecule has 4 nitrogen and oxygen atoms in total. The second-order valence-electron chi connectivity index (χ2n) is 4.74. The third-order valence-corrected chi connectivity index (χ3v) is 3.03. The first kappa shape index (κ1) is 14.2. The summed E-state index contributed by atoms with van der Waals surface area (Å²) in [4.78, 5) is 0. The molecule has 0 saturated heterocycles. The number of hydrazine groups is 2. The highest BCUT2D eigenvalue weighted by atomic mass is 35.5. The molecule has 1 rings (SSSR count). The van der Waals surface area contributed by atoms with Crippen LogP contribution in [0, 0.1) is 0 Å². The molecular weight excluding hydrogens is 256 g/mol. The molecule has 5 N–H and O–H groups in total. The fourth-order valence-electron chi connectivity index (χ4n) is 1.35. The lowest BCUT2D eigenvalue weighted by Crippen LogP contribution is -2.47. The van der Waals surface area contributed by atoms with Crippen LogP contribution in [-0.2, 0) is 5.41 Å². The van der Waals surface area contributed by atoms with Crippen LogP contribution in [0.4, 0.5) is 5.69 Å². The molecule has 0 aliphatic rings. The van der Waals surface area contributed by atoms with Gasteiger partial charge in [0.15, 0.2) is 0 Å². The maximum absolute atomic E-state index is 6.18. The van der Waals surface area contributed by atoms with Crippen molar-refractivity contribution >= 4 is 34.6 Å². The van der Waals surface area contributed by atoms with E-state index in [4.69, 9.17) is 35.5 Å². The first-order valence-electron chi connectivity index (χ1n) is 5.13. The van der Waals surface area contributed by atoms with Crippen molar-refractivity contribution in [3.8, 4) is 0 Å². The molecule has 0 atom stereocenters. The Labute approximate surface area is 112 Å². The van der Waals surface area contributed by atoms with Crippen LogP contribution in [0.15, 0.2) is 18.2 Å². The molecule has 1 aromatic rings. The zero-order valence-electron chi connectivity index (χ0n) is 10.1. The van der Waals surface area contributed by atoms with Crippen LogP contribution in [0.5, 0.6) is 0 Å². The van der Waals surface area contributed by atoms with Crippen molar-refractivity contribution in [2.75, 3.05) is 5.01 Å². The van der Waals surface area contributed by atoms with Gasteiger partial charge in [0.25, 0.3) is 0 Å². The molecule has 0 unspecified atom stereocenters. The number of nitrogens with one attached hydrogen (secondary N) is 1. The number of hydrogen-bond acceptors (Lipinski definition) is 3. The fourth-order valence-corrected chi connectivity index (χ4v) is 1.72. The molecule has 0 heterocycles. The summed E-state index contributed by atoms with van der Waals surface area (Å²) in [5, 5.41) is 1.98. The lowest BCUT2D eigenvalue weighted by Gasteiger charge is -2.23. The van der Waals surface area contributed by atoms with Gasteiger partial charge >= 0.3 is 0 Å². The predicted octanol–water partition coefficient (Wildman–Crippen LogP) is 2.07. The van der Waals surface area contributed by atoms with Crippen molar-refractivity contribution in [3.05, 3.63) is 28.8 Å². The van der Waals surface area contributed by atoms with E-state index in [9.17, 15) is 0 Å². The van der Waals surface area contributed by atoms with Crippen molar-refractivity contribution in [1.29, 1.82) is 0 Å². The molecule has 94 valence electrons. The number of nitrogens with zero attached hydrogens (tertiary/aromatic N) is 1. The van der Waals surface area contributed by atoms with Crippen molar-refractivity contribution in [2.45, 2.75) is 26.2 Å². The molecule has 17 heavy (non-hydrogen) atoms. The maximum atomic E-state index is 6.18.